The van der Waals surface area contributed by atoms with Crippen molar-refractivity contribution in [3.8, 4) is 0 Å². The average molecular weight is 344 g/mol. The zero-order valence-electron chi connectivity index (χ0n) is 13.7. The van der Waals surface area contributed by atoms with Crippen molar-refractivity contribution >= 4 is 17.4 Å². The van der Waals surface area contributed by atoms with E-state index in [2.05, 4.69) is 15.5 Å². The zero-order valence-corrected chi connectivity index (χ0v) is 13.7. The Kier molecular flexibility index (Phi) is 5.30. The van der Waals surface area contributed by atoms with Gasteiger partial charge in [-0.3, -0.25) is 15.0 Å². The second-order valence-corrected chi connectivity index (χ2v) is 5.92. The lowest BCUT2D eigenvalue weighted by molar-refractivity contribution is -0.384. The Morgan fingerprint density at radius 2 is 2.08 bits per heavy atom. The van der Waals surface area contributed by atoms with Crippen LogP contribution in [0.3, 0.4) is 0 Å². The molecule has 8 nitrogen and oxygen atoms in total. The number of rotatable bonds is 6. The molecule has 0 radical (unpaired) electrons. The van der Waals surface area contributed by atoms with Gasteiger partial charge in [-0.25, -0.2) is 4.79 Å². The lowest BCUT2D eigenvalue weighted by Crippen LogP contribution is -2.38. The highest BCUT2D eigenvalue weighted by Gasteiger charge is 2.25. The molecule has 1 atom stereocenters. The monoisotopic (exact) mass is 344 g/mol. The van der Waals surface area contributed by atoms with Crippen molar-refractivity contribution in [2.75, 3.05) is 25.0 Å². The third kappa shape index (κ3) is 4.36. The summed E-state index contributed by atoms with van der Waals surface area (Å²) in [6.45, 7) is 2.34. The molecular formula is C17H20N4O4. The normalized spacial score (nSPS) is 15.7. The molecule has 2 heterocycles. The molecule has 1 aromatic heterocycles. The van der Waals surface area contributed by atoms with Crippen LogP contribution >= 0.6 is 0 Å². The summed E-state index contributed by atoms with van der Waals surface area (Å²) in [7, 11) is 0. The van der Waals surface area contributed by atoms with Gasteiger partial charge in [-0.2, -0.15) is 0 Å². The number of amides is 2. The number of nitro benzene ring substituents is 1. The molecule has 1 saturated heterocycles. The third-order valence-electron chi connectivity index (χ3n) is 4.22. The molecule has 1 aliphatic heterocycles. The molecule has 0 saturated carbocycles. The fourth-order valence-corrected chi connectivity index (χ4v) is 3.01. The summed E-state index contributed by atoms with van der Waals surface area (Å²) in [5.41, 5.74) is 0.311. The SMILES string of the molecule is O=C(NCC(c1ccco1)N1CCCC1)Nc1cccc([N+](=O)[O-])c1. The van der Waals surface area contributed by atoms with Crippen molar-refractivity contribution in [2.24, 2.45) is 0 Å². The van der Waals surface area contributed by atoms with Gasteiger partial charge in [-0.15, -0.1) is 0 Å². The maximum atomic E-state index is 12.1. The van der Waals surface area contributed by atoms with Crippen LogP contribution in [0.4, 0.5) is 16.2 Å². The molecule has 3 rings (SSSR count). The molecule has 0 spiro atoms. The number of carbonyl (C=O) groups is 1. The number of furan rings is 1. The molecule has 2 aromatic rings. The van der Waals surface area contributed by atoms with Crippen molar-refractivity contribution in [1.82, 2.24) is 10.2 Å². The Hall–Kier alpha value is -2.87. The van der Waals surface area contributed by atoms with Crippen LogP contribution in [0.5, 0.6) is 0 Å². The number of hydrogen-bond acceptors (Lipinski definition) is 5. The van der Waals surface area contributed by atoms with Gasteiger partial charge in [0, 0.05) is 24.4 Å². The molecule has 2 N–H and O–H groups in total. The second-order valence-electron chi connectivity index (χ2n) is 5.92. The molecule has 0 bridgehead atoms. The van der Waals surface area contributed by atoms with E-state index in [1.807, 2.05) is 12.1 Å². The van der Waals surface area contributed by atoms with Crippen LogP contribution in [0.1, 0.15) is 24.6 Å². The van der Waals surface area contributed by atoms with Crippen molar-refractivity contribution in [3.63, 3.8) is 0 Å². The third-order valence-corrected chi connectivity index (χ3v) is 4.22. The van der Waals surface area contributed by atoms with Gasteiger partial charge in [0.15, 0.2) is 0 Å². The van der Waals surface area contributed by atoms with Crippen LogP contribution in [-0.2, 0) is 0 Å². The van der Waals surface area contributed by atoms with E-state index < -0.39 is 11.0 Å². The van der Waals surface area contributed by atoms with Gasteiger partial charge in [0.25, 0.3) is 5.69 Å². The molecular weight excluding hydrogens is 324 g/mol. The maximum absolute atomic E-state index is 12.1. The number of nitro groups is 1. The van der Waals surface area contributed by atoms with E-state index in [1.165, 1.54) is 18.2 Å². The van der Waals surface area contributed by atoms with Crippen LogP contribution < -0.4 is 10.6 Å². The Balaban J connectivity index is 1.60. The number of carbonyl (C=O) groups excluding carboxylic acids is 1. The topological polar surface area (TPSA) is 101 Å². The standard InChI is InChI=1S/C17H20N4O4/c22-17(19-13-5-3-6-14(11-13)21(23)24)18-12-15(16-7-4-10-25-16)20-8-1-2-9-20/h3-7,10-11,15H,1-2,8-9,12H2,(H2,18,19,22). The number of likely N-dealkylation sites (tertiary alicyclic amines) is 1. The maximum Gasteiger partial charge on any atom is 0.319 e. The molecule has 1 fully saturated rings. The highest BCUT2D eigenvalue weighted by molar-refractivity contribution is 5.89. The summed E-state index contributed by atoms with van der Waals surface area (Å²) < 4.78 is 5.51. The van der Waals surface area contributed by atoms with Gasteiger partial charge in [-0.05, 0) is 44.1 Å². The number of anilines is 1. The van der Waals surface area contributed by atoms with Crippen LogP contribution in [-0.4, -0.2) is 35.5 Å². The van der Waals surface area contributed by atoms with E-state index in [1.54, 1.807) is 12.3 Å². The Morgan fingerprint density at radius 3 is 2.76 bits per heavy atom. The van der Waals surface area contributed by atoms with Gasteiger partial charge in [0.2, 0.25) is 0 Å². The number of benzene rings is 1. The van der Waals surface area contributed by atoms with E-state index in [0.717, 1.165) is 31.7 Å². The predicted molar refractivity (Wildman–Crippen MR) is 92.4 cm³/mol. The molecule has 1 unspecified atom stereocenters. The quantitative estimate of drug-likeness (QED) is 0.619. The highest BCUT2D eigenvalue weighted by Crippen LogP contribution is 2.25. The van der Waals surface area contributed by atoms with Gasteiger partial charge in [0.05, 0.1) is 17.2 Å². The van der Waals surface area contributed by atoms with E-state index >= 15 is 0 Å². The second kappa shape index (κ2) is 7.80. The Bertz CT molecular complexity index is 726. The Labute approximate surface area is 145 Å². The first kappa shape index (κ1) is 17.0. The zero-order chi connectivity index (χ0) is 17.6. The van der Waals surface area contributed by atoms with E-state index in [4.69, 9.17) is 4.42 Å². The summed E-state index contributed by atoms with van der Waals surface area (Å²) in [5.74, 6) is 0.817. The first-order valence-electron chi connectivity index (χ1n) is 8.20. The lowest BCUT2D eigenvalue weighted by Gasteiger charge is -2.26. The summed E-state index contributed by atoms with van der Waals surface area (Å²) in [4.78, 5) is 24.7. The van der Waals surface area contributed by atoms with Gasteiger partial charge >= 0.3 is 6.03 Å². The summed E-state index contributed by atoms with van der Waals surface area (Å²) in [6, 6.07) is 9.16. The fraction of sp³-hybridized carbons (Fsp3) is 0.353. The lowest BCUT2D eigenvalue weighted by atomic mass is 10.2. The largest absolute Gasteiger partial charge is 0.468 e. The average Bonchev–Trinajstić information content (AvgIpc) is 3.29. The number of urea groups is 1. The van der Waals surface area contributed by atoms with Gasteiger partial charge in [0.1, 0.15) is 5.76 Å². The summed E-state index contributed by atoms with van der Waals surface area (Å²) in [6.07, 6.45) is 3.90. The highest BCUT2D eigenvalue weighted by atomic mass is 16.6. The first-order valence-corrected chi connectivity index (χ1v) is 8.20. The minimum absolute atomic E-state index is 0.0200. The van der Waals surface area contributed by atoms with E-state index in [0.29, 0.717) is 12.2 Å². The van der Waals surface area contributed by atoms with Crippen LogP contribution in [0.25, 0.3) is 0 Å². The van der Waals surface area contributed by atoms with E-state index in [-0.39, 0.29) is 11.7 Å². The minimum Gasteiger partial charge on any atom is -0.468 e. The van der Waals surface area contributed by atoms with Crippen molar-refractivity contribution < 1.29 is 14.1 Å². The van der Waals surface area contributed by atoms with Crippen molar-refractivity contribution in [1.29, 1.82) is 0 Å². The predicted octanol–water partition coefficient (Wildman–Crippen LogP) is 3.15. The molecule has 8 heteroatoms. The molecule has 2 amide bonds. The summed E-state index contributed by atoms with van der Waals surface area (Å²) in [5, 5.41) is 16.2. The smallest absolute Gasteiger partial charge is 0.319 e. The molecule has 1 aliphatic rings. The minimum atomic E-state index is -0.497. The number of nitrogens with one attached hydrogen (secondary N) is 2. The van der Waals surface area contributed by atoms with Crippen molar-refractivity contribution in [3.05, 3.63) is 58.5 Å². The van der Waals surface area contributed by atoms with Crippen molar-refractivity contribution in [2.45, 2.75) is 18.9 Å². The van der Waals surface area contributed by atoms with E-state index in [9.17, 15) is 14.9 Å². The molecule has 132 valence electrons. The van der Waals surface area contributed by atoms with Crippen LogP contribution in [0.15, 0.2) is 47.1 Å². The number of nitrogens with zero attached hydrogens (tertiary/aromatic N) is 2. The molecule has 25 heavy (non-hydrogen) atoms. The summed E-state index contributed by atoms with van der Waals surface area (Å²) >= 11 is 0. The number of hydrogen-bond donors (Lipinski definition) is 2. The van der Waals surface area contributed by atoms with Gasteiger partial charge in [-0.1, -0.05) is 6.07 Å². The fourth-order valence-electron chi connectivity index (χ4n) is 3.01. The molecule has 0 aliphatic carbocycles. The first-order chi connectivity index (χ1) is 12.1. The molecule has 1 aromatic carbocycles. The van der Waals surface area contributed by atoms with Crippen LogP contribution in [0, 0.1) is 10.1 Å². The van der Waals surface area contributed by atoms with Gasteiger partial charge < -0.3 is 15.1 Å². The Morgan fingerprint density at radius 1 is 1.28 bits per heavy atom. The number of non-ortho nitro benzene ring substituents is 1. The van der Waals surface area contributed by atoms with Crippen LogP contribution in [0.2, 0.25) is 0 Å².